The summed E-state index contributed by atoms with van der Waals surface area (Å²) in [4.78, 5) is 51.8. The van der Waals surface area contributed by atoms with Crippen LogP contribution in [0.5, 0.6) is 5.75 Å². The molecule has 0 bridgehead atoms. The molecule has 0 aromatic heterocycles. The number of aryl methyl sites for hydroxylation is 2. The smallest absolute Gasteiger partial charge is 0.260 e. The van der Waals surface area contributed by atoms with Crippen LogP contribution in [0.1, 0.15) is 43.2 Å². The highest BCUT2D eigenvalue weighted by Crippen LogP contribution is 2.43. The molecule has 1 N–H and O–H groups in total. The largest absolute Gasteiger partial charge is 0.744 e. The molecule has 11 nitrogen and oxygen atoms in total. The van der Waals surface area contributed by atoms with Crippen LogP contribution in [0.4, 0.5) is 0 Å². The predicted molar refractivity (Wildman–Crippen MR) is 175 cm³/mol. The Balaban J connectivity index is 1.04. The van der Waals surface area contributed by atoms with Crippen LogP contribution in [0.25, 0.3) is 32.3 Å². The van der Waals surface area contributed by atoms with E-state index in [9.17, 15) is 32.1 Å². The van der Waals surface area contributed by atoms with Gasteiger partial charge in [-0.15, -0.1) is 0 Å². The number of nitrogens with zero attached hydrogens (tertiary/aromatic N) is 2. The number of nitrogens with one attached hydrogen (secondary N) is 1. The molecular weight excluding hydrogens is 622 g/mol. The zero-order valence-electron chi connectivity index (χ0n) is 26.3. The lowest BCUT2D eigenvalue weighted by Gasteiger charge is -2.31. The van der Waals surface area contributed by atoms with E-state index in [0.717, 1.165) is 39.9 Å². The lowest BCUT2D eigenvalue weighted by molar-refractivity contribution is -0.137. The van der Waals surface area contributed by atoms with Gasteiger partial charge < -0.3 is 19.5 Å². The molecule has 6 rings (SSSR count). The number of unbranched alkanes of at least 4 members (excludes halogenated alkanes) is 2. The van der Waals surface area contributed by atoms with Gasteiger partial charge in [-0.2, -0.15) is 0 Å². The Hall–Kier alpha value is -4.55. The fraction of sp³-hybridized carbons (Fsp3) is 0.371. The van der Waals surface area contributed by atoms with Gasteiger partial charge in [0.25, 0.3) is 17.7 Å². The van der Waals surface area contributed by atoms with Gasteiger partial charge in [0.2, 0.25) is 5.91 Å². The third kappa shape index (κ3) is 6.39. The van der Waals surface area contributed by atoms with Crippen LogP contribution in [0.3, 0.4) is 0 Å². The number of rotatable bonds is 11. The van der Waals surface area contributed by atoms with Crippen LogP contribution in [-0.2, 0) is 29.3 Å². The Morgan fingerprint density at radius 1 is 0.872 bits per heavy atom. The van der Waals surface area contributed by atoms with Crippen molar-refractivity contribution in [1.82, 2.24) is 15.1 Å². The minimum absolute atomic E-state index is 0.0326. The molecular formula is C35H36N3O8S-. The van der Waals surface area contributed by atoms with E-state index in [1.807, 2.05) is 25.1 Å². The molecule has 4 aromatic carbocycles. The minimum Gasteiger partial charge on any atom is -0.744 e. The Morgan fingerprint density at radius 3 is 2.13 bits per heavy atom. The maximum atomic E-state index is 13.2. The normalized spacial score (nSPS) is 15.9. The van der Waals surface area contributed by atoms with Gasteiger partial charge in [-0.05, 0) is 91.4 Å². The summed E-state index contributed by atoms with van der Waals surface area (Å²) in [5.41, 5.74) is 1.57. The first-order chi connectivity index (χ1) is 22.4. The molecule has 1 saturated heterocycles. The Labute approximate surface area is 272 Å². The molecule has 1 fully saturated rings. The van der Waals surface area contributed by atoms with Crippen molar-refractivity contribution in [2.24, 2.45) is 5.92 Å². The number of amides is 4. The van der Waals surface area contributed by atoms with E-state index in [2.05, 4.69) is 5.32 Å². The minimum atomic E-state index is -4.71. The highest BCUT2D eigenvalue weighted by atomic mass is 32.2. The Bertz CT molecular complexity index is 2030. The summed E-state index contributed by atoms with van der Waals surface area (Å²) in [6, 6.07) is 10.6. The van der Waals surface area contributed by atoms with Crippen LogP contribution in [0.2, 0.25) is 0 Å². The van der Waals surface area contributed by atoms with Gasteiger partial charge in [-0.1, -0.05) is 18.2 Å². The zero-order chi connectivity index (χ0) is 33.5. The highest BCUT2D eigenvalue weighted by Gasteiger charge is 2.28. The van der Waals surface area contributed by atoms with E-state index in [-0.39, 0.29) is 41.0 Å². The number of piperidine rings is 1. The number of benzene rings is 4. The van der Waals surface area contributed by atoms with E-state index >= 15 is 0 Å². The summed E-state index contributed by atoms with van der Waals surface area (Å²) in [5.74, 6) is -0.473. The van der Waals surface area contributed by atoms with Crippen molar-refractivity contribution in [2.75, 3.05) is 32.8 Å². The first kappa shape index (κ1) is 32.4. The number of hydrogen-bond acceptors (Lipinski definition) is 8. The summed E-state index contributed by atoms with van der Waals surface area (Å²) >= 11 is 0. The number of ether oxygens (including phenoxy) is 1. The monoisotopic (exact) mass is 658 g/mol. The average Bonchev–Trinajstić information content (AvgIpc) is 3.37. The van der Waals surface area contributed by atoms with Crippen molar-refractivity contribution < 1.29 is 36.9 Å². The third-order valence-electron chi connectivity index (χ3n) is 9.33. The van der Waals surface area contributed by atoms with Crippen LogP contribution >= 0.6 is 0 Å². The van der Waals surface area contributed by atoms with Crippen molar-refractivity contribution in [3.8, 4) is 5.75 Å². The topological polar surface area (TPSA) is 153 Å². The van der Waals surface area contributed by atoms with E-state index in [1.54, 1.807) is 24.0 Å². The van der Waals surface area contributed by atoms with Crippen molar-refractivity contribution in [2.45, 2.75) is 50.8 Å². The second-order valence-electron chi connectivity index (χ2n) is 12.4. The van der Waals surface area contributed by atoms with Crippen LogP contribution in [0, 0.1) is 19.8 Å². The fourth-order valence-electron chi connectivity index (χ4n) is 6.79. The van der Waals surface area contributed by atoms with Crippen molar-refractivity contribution in [3.63, 3.8) is 0 Å². The predicted octanol–water partition coefficient (Wildman–Crippen LogP) is 3.93. The molecule has 2 aliphatic rings. The zero-order valence-corrected chi connectivity index (χ0v) is 27.2. The van der Waals surface area contributed by atoms with Crippen molar-refractivity contribution in [3.05, 3.63) is 59.7 Å². The van der Waals surface area contributed by atoms with Gasteiger partial charge in [0, 0.05) is 60.4 Å². The molecule has 0 spiro atoms. The molecule has 0 aliphatic carbocycles. The van der Waals surface area contributed by atoms with Gasteiger partial charge in [-0.25, -0.2) is 8.42 Å². The molecule has 2 aliphatic heterocycles. The van der Waals surface area contributed by atoms with E-state index in [4.69, 9.17) is 4.74 Å². The molecule has 47 heavy (non-hydrogen) atoms. The van der Waals surface area contributed by atoms with Gasteiger partial charge in [0.1, 0.15) is 15.9 Å². The third-order valence-corrected chi connectivity index (χ3v) is 10.2. The molecule has 0 saturated carbocycles. The number of hydrogen-bond donors (Lipinski definition) is 1. The average molecular weight is 659 g/mol. The molecule has 4 aromatic rings. The molecule has 0 atom stereocenters. The number of imide groups is 1. The molecule has 4 amide bonds. The maximum Gasteiger partial charge on any atom is 0.260 e. The SMILES string of the molecule is Cc1cc(OCC(=O)N2CCC(C(=O)NCCCCCN3C(=O)C=CC3=O)CC2)c2ccc3c(S(=O)(=O)[O-])cc(C)c4ccc1c2c43. The quantitative estimate of drug-likeness (QED) is 0.110. The van der Waals surface area contributed by atoms with Gasteiger partial charge in [-0.3, -0.25) is 24.1 Å². The van der Waals surface area contributed by atoms with Crippen molar-refractivity contribution >= 4 is 66.1 Å². The van der Waals surface area contributed by atoms with Crippen molar-refractivity contribution in [1.29, 1.82) is 0 Å². The van der Waals surface area contributed by atoms with Crippen LogP contribution < -0.4 is 10.1 Å². The number of likely N-dealkylation sites (tertiary alicyclic amines) is 1. The first-order valence-corrected chi connectivity index (χ1v) is 17.2. The van der Waals surface area contributed by atoms with E-state index < -0.39 is 10.1 Å². The van der Waals surface area contributed by atoms with Gasteiger partial charge >= 0.3 is 0 Å². The second kappa shape index (κ2) is 12.9. The highest BCUT2D eigenvalue weighted by molar-refractivity contribution is 7.86. The summed E-state index contributed by atoms with van der Waals surface area (Å²) in [6.07, 6.45) is 5.84. The lowest BCUT2D eigenvalue weighted by Crippen LogP contribution is -2.44. The number of carbonyl (C=O) groups is 4. The fourth-order valence-corrected chi connectivity index (χ4v) is 7.56. The lowest BCUT2D eigenvalue weighted by atomic mass is 9.90. The maximum absolute atomic E-state index is 13.2. The van der Waals surface area contributed by atoms with Crippen LogP contribution in [-0.4, -0.2) is 79.2 Å². The number of carbonyl (C=O) groups excluding carboxylic acids is 4. The summed E-state index contributed by atoms with van der Waals surface area (Å²) in [6.45, 7) is 5.28. The van der Waals surface area contributed by atoms with Gasteiger partial charge in [0.05, 0.1) is 4.90 Å². The molecule has 0 radical (unpaired) electrons. The summed E-state index contributed by atoms with van der Waals surface area (Å²) in [7, 11) is -4.71. The molecule has 246 valence electrons. The standard InChI is InChI=1S/C35H37N3O8S/c1-21-18-28(26-8-9-27-29(47(43,44)45)19-22(2)25-7-6-24(21)33(26)34(25)27)46-20-32(41)37-16-12-23(13-17-37)35(42)36-14-4-3-5-15-38-30(39)10-11-31(38)40/h6-11,18-19,23H,3-5,12-17,20H2,1-2H3,(H,36,42)(H,43,44,45)/p-1. The molecule has 12 heteroatoms. The Kier molecular flexibility index (Phi) is 8.91. The summed E-state index contributed by atoms with van der Waals surface area (Å²) < 4.78 is 42.5. The van der Waals surface area contributed by atoms with E-state index in [0.29, 0.717) is 67.5 Å². The second-order valence-corrected chi connectivity index (χ2v) is 13.7. The van der Waals surface area contributed by atoms with E-state index in [1.165, 1.54) is 23.1 Å². The molecule has 0 unspecified atom stereocenters. The van der Waals surface area contributed by atoms with Crippen LogP contribution in [0.15, 0.2) is 53.4 Å². The molecule has 2 heterocycles. The Morgan fingerprint density at radius 2 is 1.47 bits per heavy atom. The van der Waals surface area contributed by atoms with Gasteiger partial charge in [0.15, 0.2) is 6.61 Å². The first-order valence-electron chi connectivity index (χ1n) is 15.8. The summed E-state index contributed by atoms with van der Waals surface area (Å²) in [5, 5.41) is 7.28.